The number of aliphatic hydroxyl groups excluding tert-OH is 2. The molecule has 0 rings (SSSR count). The van der Waals surface area contributed by atoms with E-state index in [1.54, 1.807) is 0 Å². The highest BCUT2D eigenvalue weighted by atomic mass is 16.5. The van der Waals surface area contributed by atoms with E-state index in [1.165, 1.54) is 77.0 Å². The fourth-order valence-electron chi connectivity index (χ4n) is 5.80. The number of esters is 1. The van der Waals surface area contributed by atoms with Crippen molar-refractivity contribution in [2.45, 2.75) is 188 Å². The van der Waals surface area contributed by atoms with Crippen molar-refractivity contribution in [2.75, 3.05) is 39.5 Å². The lowest BCUT2D eigenvalue weighted by Crippen LogP contribution is -2.36. The summed E-state index contributed by atoms with van der Waals surface area (Å²) in [7, 11) is 0. The molecule has 0 aliphatic heterocycles. The van der Waals surface area contributed by atoms with E-state index >= 15 is 0 Å². The minimum atomic E-state index is -0.417. The van der Waals surface area contributed by atoms with Crippen LogP contribution in [0.3, 0.4) is 0 Å². The van der Waals surface area contributed by atoms with Gasteiger partial charge in [0, 0.05) is 32.7 Å². The molecule has 2 N–H and O–H groups in total. The van der Waals surface area contributed by atoms with Crippen molar-refractivity contribution in [1.82, 2.24) is 4.90 Å². The molecule has 0 aliphatic rings. The van der Waals surface area contributed by atoms with Crippen molar-refractivity contribution in [1.29, 1.82) is 0 Å². The summed E-state index contributed by atoms with van der Waals surface area (Å²) in [5, 5.41) is 19.4. The largest absolute Gasteiger partial charge is 0.468 e. The first-order valence-electron chi connectivity index (χ1n) is 19.6. The molecule has 0 fully saturated rings. The number of ether oxygens (including phenoxy) is 2. The molecule has 3 unspecified atom stereocenters. The van der Waals surface area contributed by atoms with Gasteiger partial charge in [-0.1, -0.05) is 125 Å². The van der Waals surface area contributed by atoms with Crippen LogP contribution < -0.4 is 0 Å². The molecule has 7 nitrogen and oxygen atoms in total. The van der Waals surface area contributed by atoms with Crippen LogP contribution in [-0.4, -0.2) is 73.1 Å². The maximum atomic E-state index is 11.6. The van der Waals surface area contributed by atoms with Crippen molar-refractivity contribution in [3.8, 4) is 0 Å². The van der Waals surface area contributed by atoms with Crippen molar-refractivity contribution < 1.29 is 29.3 Å². The zero-order valence-corrected chi connectivity index (χ0v) is 31.3. The van der Waals surface area contributed by atoms with E-state index in [2.05, 4.69) is 44.3 Å². The van der Waals surface area contributed by atoms with Gasteiger partial charge in [0.2, 0.25) is 0 Å². The van der Waals surface area contributed by atoms with Gasteiger partial charge in [-0.3, -0.25) is 9.59 Å². The fourth-order valence-corrected chi connectivity index (χ4v) is 5.80. The molecule has 0 aliphatic carbocycles. The third-order valence-electron chi connectivity index (χ3n) is 8.73. The molecule has 0 saturated carbocycles. The van der Waals surface area contributed by atoms with Crippen LogP contribution in [-0.2, 0) is 19.1 Å². The lowest BCUT2D eigenvalue weighted by Gasteiger charge is -2.28. The number of rotatable bonds is 34. The van der Waals surface area contributed by atoms with Crippen molar-refractivity contribution in [3.05, 3.63) is 0 Å². The second-order valence-electron chi connectivity index (χ2n) is 13.7. The maximum absolute atomic E-state index is 11.6. The summed E-state index contributed by atoms with van der Waals surface area (Å²) in [6.07, 6.45) is 26.4. The fraction of sp³-hybridized carbons (Fsp3) is 0.949. The Morgan fingerprint density at radius 1 is 0.652 bits per heavy atom. The molecule has 0 spiro atoms. The lowest BCUT2D eigenvalue weighted by molar-refractivity contribution is -0.144. The molecular formula is C39H79NO6. The third kappa shape index (κ3) is 37.3. The van der Waals surface area contributed by atoms with Crippen molar-refractivity contribution in [2.24, 2.45) is 11.8 Å². The monoisotopic (exact) mass is 658 g/mol. The molecule has 0 amide bonds. The Morgan fingerprint density at radius 3 is 1.80 bits per heavy atom. The van der Waals surface area contributed by atoms with Gasteiger partial charge in [-0.15, -0.1) is 0 Å². The highest BCUT2D eigenvalue weighted by Gasteiger charge is 2.15. The minimum absolute atomic E-state index is 0.0848. The van der Waals surface area contributed by atoms with Crippen molar-refractivity contribution in [3.63, 3.8) is 0 Å². The Morgan fingerprint density at radius 2 is 1.17 bits per heavy atom. The first kappa shape index (κ1) is 46.9. The normalized spacial score (nSPS) is 13.1. The first-order valence-corrected chi connectivity index (χ1v) is 19.6. The van der Waals surface area contributed by atoms with E-state index in [0.29, 0.717) is 51.4 Å². The molecule has 46 heavy (non-hydrogen) atoms. The standard InChI is InChI=1S/C23H45NO6.C16H34/c1-3-4-5-13-23(28)30-17-9-6-11-21(2)18-24(14-10-15-25)19-22(27)12-7-8-16-29-20-26;1-4-6-8-10-11-13-15-16(3)14-12-9-7-5-2/h20-22,25,27H,3-19H2,1-2H3;16H,4-15H2,1-3H3. The van der Waals surface area contributed by atoms with E-state index in [4.69, 9.17) is 9.84 Å². The van der Waals surface area contributed by atoms with Crippen LogP contribution in [0.5, 0.6) is 0 Å². The third-order valence-corrected chi connectivity index (χ3v) is 8.73. The van der Waals surface area contributed by atoms with Gasteiger partial charge in [-0.2, -0.15) is 0 Å². The van der Waals surface area contributed by atoms with Gasteiger partial charge in [0.1, 0.15) is 0 Å². The number of carbonyl (C=O) groups is 2. The van der Waals surface area contributed by atoms with Crippen LogP contribution in [0.4, 0.5) is 0 Å². The van der Waals surface area contributed by atoms with E-state index in [-0.39, 0.29) is 12.6 Å². The average Bonchev–Trinajstić information content (AvgIpc) is 3.03. The van der Waals surface area contributed by atoms with Crippen LogP contribution in [0, 0.1) is 11.8 Å². The quantitative estimate of drug-likeness (QED) is 0.0404. The van der Waals surface area contributed by atoms with Crippen LogP contribution in [0.2, 0.25) is 0 Å². The summed E-state index contributed by atoms with van der Waals surface area (Å²) >= 11 is 0. The molecule has 0 bridgehead atoms. The number of nitrogens with zero attached hydrogens (tertiary/aromatic N) is 1. The van der Waals surface area contributed by atoms with Gasteiger partial charge >= 0.3 is 5.97 Å². The highest BCUT2D eigenvalue weighted by molar-refractivity contribution is 5.69. The van der Waals surface area contributed by atoms with Crippen LogP contribution in [0.15, 0.2) is 0 Å². The number of carbonyl (C=O) groups excluding carboxylic acids is 2. The highest BCUT2D eigenvalue weighted by Crippen LogP contribution is 2.18. The smallest absolute Gasteiger partial charge is 0.305 e. The van der Waals surface area contributed by atoms with Gasteiger partial charge in [0.15, 0.2) is 0 Å². The summed E-state index contributed by atoms with van der Waals surface area (Å²) in [5.41, 5.74) is 0. The predicted molar refractivity (Wildman–Crippen MR) is 194 cm³/mol. The van der Waals surface area contributed by atoms with Crippen LogP contribution >= 0.6 is 0 Å². The van der Waals surface area contributed by atoms with E-state index in [1.807, 2.05) is 0 Å². The SMILES string of the molecule is CCCCCC(=O)OCCCCC(C)CN(CCCO)CC(O)CCCCOC=O.CCCCCCCCC(C)CCCCCC. The molecule has 0 aromatic carbocycles. The second-order valence-corrected chi connectivity index (χ2v) is 13.7. The summed E-state index contributed by atoms with van der Waals surface area (Å²) < 4.78 is 9.94. The van der Waals surface area contributed by atoms with Gasteiger partial charge in [0.25, 0.3) is 6.47 Å². The topological polar surface area (TPSA) is 96.3 Å². The second kappa shape index (κ2) is 38.3. The summed E-state index contributed by atoms with van der Waals surface area (Å²) in [6, 6.07) is 0. The Hall–Kier alpha value is -1.18. The van der Waals surface area contributed by atoms with Crippen molar-refractivity contribution >= 4 is 12.4 Å². The molecule has 0 radical (unpaired) electrons. The number of unbranched alkanes of at least 4 members (excludes halogenated alkanes) is 12. The number of hydrogen-bond donors (Lipinski definition) is 2. The Labute approximate surface area is 286 Å². The maximum Gasteiger partial charge on any atom is 0.305 e. The van der Waals surface area contributed by atoms with Gasteiger partial charge < -0.3 is 24.6 Å². The molecule has 0 saturated heterocycles. The van der Waals surface area contributed by atoms with Gasteiger partial charge in [0.05, 0.1) is 19.3 Å². The molecule has 0 heterocycles. The molecule has 276 valence electrons. The van der Waals surface area contributed by atoms with E-state index < -0.39 is 6.10 Å². The lowest BCUT2D eigenvalue weighted by atomic mass is 9.96. The first-order chi connectivity index (χ1) is 22.3. The van der Waals surface area contributed by atoms with E-state index in [9.17, 15) is 14.7 Å². The Bertz CT molecular complexity index is 619. The average molecular weight is 658 g/mol. The number of aliphatic hydroxyl groups is 2. The summed E-state index contributed by atoms with van der Waals surface area (Å²) in [5.74, 6) is 1.36. The van der Waals surface area contributed by atoms with Gasteiger partial charge in [-0.25, -0.2) is 0 Å². The zero-order valence-electron chi connectivity index (χ0n) is 31.3. The summed E-state index contributed by atoms with van der Waals surface area (Å²) in [4.78, 5) is 23.9. The van der Waals surface area contributed by atoms with Gasteiger partial charge in [-0.05, 0) is 63.2 Å². The van der Waals surface area contributed by atoms with Crippen LogP contribution in [0.25, 0.3) is 0 Å². The Kier molecular flexibility index (Phi) is 39.0. The zero-order chi connectivity index (χ0) is 34.5. The predicted octanol–water partition coefficient (Wildman–Crippen LogP) is 9.65. The summed E-state index contributed by atoms with van der Waals surface area (Å²) in [6.45, 7) is 15.1. The van der Waals surface area contributed by atoms with Crippen LogP contribution in [0.1, 0.15) is 182 Å². The minimum Gasteiger partial charge on any atom is -0.468 e. The molecular weight excluding hydrogens is 578 g/mol. The molecule has 0 aromatic heterocycles. The molecule has 3 atom stereocenters. The molecule has 7 heteroatoms. The Balaban J connectivity index is 0. The number of hydrogen-bond acceptors (Lipinski definition) is 7. The van der Waals surface area contributed by atoms with E-state index in [0.717, 1.165) is 70.4 Å². The molecule has 0 aromatic rings.